The number of nitrogens with one attached hydrogen (secondary N) is 1. The van der Waals surface area contributed by atoms with Crippen molar-refractivity contribution in [1.29, 1.82) is 0 Å². The first kappa shape index (κ1) is 9.27. The van der Waals surface area contributed by atoms with E-state index >= 15 is 0 Å². The predicted molar refractivity (Wildman–Crippen MR) is 31.9 cm³/mol. The van der Waals surface area contributed by atoms with E-state index in [1.165, 1.54) is 0 Å². The number of carbonyl (C=O) groups excluding carboxylic acids is 1. The second-order valence-electron chi connectivity index (χ2n) is 2.36. The van der Waals surface area contributed by atoms with Crippen LogP contribution in [-0.2, 0) is 9.53 Å². The number of alkyl halides is 3. The van der Waals surface area contributed by atoms with Gasteiger partial charge in [-0.2, -0.15) is 13.2 Å². The van der Waals surface area contributed by atoms with Gasteiger partial charge in [0.15, 0.2) is 6.10 Å². The van der Waals surface area contributed by atoms with Gasteiger partial charge in [-0.1, -0.05) is 0 Å². The number of nitrogens with two attached hydrogens (primary N) is 1. The van der Waals surface area contributed by atoms with Gasteiger partial charge in [-0.05, 0) is 0 Å². The molecule has 70 valence electrons. The van der Waals surface area contributed by atoms with E-state index in [9.17, 15) is 18.0 Å². The molecule has 0 aliphatic carbocycles. The number of hydrogen-bond donors (Lipinski definition) is 2. The summed E-state index contributed by atoms with van der Waals surface area (Å²) in [4.78, 5) is 10.4. The Hall–Kier alpha value is -0.820. The number of halogens is 3. The maximum atomic E-state index is 11.9. The van der Waals surface area contributed by atoms with Crippen molar-refractivity contribution < 1.29 is 22.7 Å². The summed E-state index contributed by atoms with van der Waals surface area (Å²) in [5.41, 5.74) is 4.73. The van der Waals surface area contributed by atoms with Crippen molar-refractivity contribution in [3.63, 3.8) is 0 Å². The molecule has 1 amide bonds. The molecule has 0 spiro atoms. The van der Waals surface area contributed by atoms with E-state index in [1.54, 1.807) is 0 Å². The Morgan fingerprint density at radius 2 is 2.17 bits per heavy atom. The highest BCUT2D eigenvalue weighted by Gasteiger charge is 2.46. The topological polar surface area (TPSA) is 64.4 Å². The molecule has 0 aromatic carbocycles. The molecule has 0 aromatic heterocycles. The van der Waals surface area contributed by atoms with Gasteiger partial charge in [0.2, 0.25) is 12.1 Å². The maximum Gasteiger partial charge on any atom is 0.428 e. The summed E-state index contributed by atoms with van der Waals surface area (Å²) < 4.78 is 39.9. The molecule has 3 N–H and O–H groups in total. The normalized spacial score (nSPS) is 30.6. The highest BCUT2D eigenvalue weighted by atomic mass is 19.4. The molecule has 0 radical (unpaired) electrons. The lowest BCUT2D eigenvalue weighted by molar-refractivity contribution is -0.219. The average molecular weight is 184 g/mol. The van der Waals surface area contributed by atoms with E-state index < -0.39 is 24.4 Å². The minimum absolute atomic E-state index is 0.195. The number of carbonyl (C=O) groups is 1. The van der Waals surface area contributed by atoms with Gasteiger partial charge >= 0.3 is 6.18 Å². The summed E-state index contributed by atoms with van der Waals surface area (Å²) in [6.45, 7) is -0.195. The van der Waals surface area contributed by atoms with E-state index in [2.05, 4.69) is 4.74 Å². The van der Waals surface area contributed by atoms with Crippen LogP contribution in [0.15, 0.2) is 0 Å². The second-order valence-corrected chi connectivity index (χ2v) is 2.36. The van der Waals surface area contributed by atoms with Crippen molar-refractivity contribution in [3.8, 4) is 0 Å². The van der Waals surface area contributed by atoms with Crippen molar-refractivity contribution in [1.82, 2.24) is 5.32 Å². The van der Waals surface area contributed by atoms with Crippen molar-refractivity contribution in [2.75, 3.05) is 6.54 Å². The third-order valence-corrected chi connectivity index (χ3v) is 1.40. The molecule has 0 aromatic rings. The fraction of sp³-hybridized carbons (Fsp3) is 0.800. The standard InChI is InChI=1S/C5H7F3N2O2/c6-5(7,8)4-10-1-2(12-4)3(9)11/h2,4,10H,1H2,(H2,9,11). The molecule has 1 saturated heterocycles. The Labute approximate surface area is 65.9 Å². The van der Waals surface area contributed by atoms with Gasteiger partial charge in [0.1, 0.15) is 0 Å². The summed E-state index contributed by atoms with van der Waals surface area (Å²) in [7, 11) is 0. The third kappa shape index (κ3) is 1.86. The van der Waals surface area contributed by atoms with Gasteiger partial charge in [0, 0.05) is 6.54 Å². The summed E-state index contributed by atoms with van der Waals surface area (Å²) in [5.74, 6) is -0.894. The number of amides is 1. The molecule has 1 fully saturated rings. The SMILES string of the molecule is NC(=O)C1CNC(C(F)(F)F)O1. The van der Waals surface area contributed by atoms with Crippen LogP contribution >= 0.6 is 0 Å². The predicted octanol–water partition coefficient (Wildman–Crippen LogP) is -0.652. The first-order valence-electron chi connectivity index (χ1n) is 3.16. The summed E-state index contributed by atoms with van der Waals surface area (Å²) in [6.07, 6.45) is -7.75. The van der Waals surface area contributed by atoms with Crippen molar-refractivity contribution in [2.45, 2.75) is 18.5 Å². The third-order valence-electron chi connectivity index (χ3n) is 1.40. The first-order valence-corrected chi connectivity index (χ1v) is 3.16. The first-order chi connectivity index (χ1) is 5.41. The molecule has 0 saturated carbocycles. The Morgan fingerprint density at radius 1 is 1.58 bits per heavy atom. The van der Waals surface area contributed by atoms with Gasteiger partial charge in [-0.3, -0.25) is 10.1 Å². The number of rotatable bonds is 1. The molecular formula is C5H7F3N2O2. The lowest BCUT2D eigenvalue weighted by atomic mass is 10.3. The molecular weight excluding hydrogens is 177 g/mol. The van der Waals surface area contributed by atoms with Crippen LogP contribution in [-0.4, -0.2) is 31.0 Å². The van der Waals surface area contributed by atoms with Gasteiger partial charge < -0.3 is 10.5 Å². The zero-order chi connectivity index (χ0) is 9.35. The molecule has 1 aliphatic heterocycles. The smallest absolute Gasteiger partial charge is 0.367 e. The van der Waals surface area contributed by atoms with Gasteiger partial charge in [0.05, 0.1) is 0 Å². The second kappa shape index (κ2) is 2.91. The van der Waals surface area contributed by atoms with Crippen LogP contribution in [0.1, 0.15) is 0 Å². The van der Waals surface area contributed by atoms with Gasteiger partial charge in [-0.25, -0.2) is 0 Å². The highest BCUT2D eigenvalue weighted by molar-refractivity contribution is 5.79. The monoisotopic (exact) mass is 184 g/mol. The zero-order valence-electron chi connectivity index (χ0n) is 5.89. The molecule has 2 unspecified atom stereocenters. The van der Waals surface area contributed by atoms with E-state index in [-0.39, 0.29) is 6.54 Å². The number of primary amides is 1. The van der Waals surface area contributed by atoms with E-state index in [4.69, 9.17) is 5.73 Å². The van der Waals surface area contributed by atoms with Crippen LogP contribution in [0, 0.1) is 0 Å². The Kier molecular flexibility index (Phi) is 2.25. The molecule has 12 heavy (non-hydrogen) atoms. The van der Waals surface area contributed by atoms with Crippen LogP contribution in [0.2, 0.25) is 0 Å². The van der Waals surface area contributed by atoms with Crippen LogP contribution in [0.3, 0.4) is 0 Å². The maximum absolute atomic E-state index is 11.9. The quantitative estimate of drug-likeness (QED) is 0.569. The average Bonchev–Trinajstić information content (AvgIpc) is 2.30. The van der Waals surface area contributed by atoms with Crippen LogP contribution in [0.5, 0.6) is 0 Å². The fourth-order valence-electron chi connectivity index (χ4n) is 0.835. The summed E-state index contributed by atoms with van der Waals surface area (Å²) in [6, 6.07) is 0. The van der Waals surface area contributed by atoms with E-state index in [0.717, 1.165) is 0 Å². The molecule has 7 heteroatoms. The van der Waals surface area contributed by atoms with Gasteiger partial charge in [-0.15, -0.1) is 0 Å². The molecule has 2 atom stereocenters. The largest absolute Gasteiger partial charge is 0.428 e. The summed E-state index contributed by atoms with van der Waals surface area (Å²) >= 11 is 0. The number of ether oxygens (including phenoxy) is 1. The lowest BCUT2D eigenvalue weighted by Gasteiger charge is -2.14. The fourth-order valence-corrected chi connectivity index (χ4v) is 0.835. The molecule has 4 nitrogen and oxygen atoms in total. The van der Waals surface area contributed by atoms with E-state index in [0.29, 0.717) is 0 Å². The molecule has 0 bridgehead atoms. The molecule has 1 aliphatic rings. The minimum Gasteiger partial charge on any atom is -0.367 e. The van der Waals surface area contributed by atoms with Crippen molar-refractivity contribution in [2.24, 2.45) is 5.73 Å². The van der Waals surface area contributed by atoms with Crippen molar-refractivity contribution in [3.05, 3.63) is 0 Å². The molecule has 1 heterocycles. The van der Waals surface area contributed by atoms with Crippen LogP contribution in [0.4, 0.5) is 13.2 Å². The number of hydrogen-bond acceptors (Lipinski definition) is 3. The zero-order valence-corrected chi connectivity index (χ0v) is 5.89. The van der Waals surface area contributed by atoms with E-state index in [1.807, 2.05) is 5.32 Å². The molecule has 1 rings (SSSR count). The van der Waals surface area contributed by atoms with Crippen molar-refractivity contribution >= 4 is 5.91 Å². The van der Waals surface area contributed by atoms with Crippen LogP contribution in [0.25, 0.3) is 0 Å². The lowest BCUT2D eigenvalue weighted by Crippen LogP contribution is -2.38. The Balaban J connectivity index is 2.51. The Bertz CT molecular complexity index is 194. The van der Waals surface area contributed by atoms with Crippen LogP contribution < -0.4 is 11.1 Å². The van der Waals surface area contributed by atoms with Gasteiger partial charge in [0.25, 0.3) is 0 Å². The highest BCUT2D eigenvalue weighted by Crippen LogP contribution is 2.24. The Morgan fingerprint density at radius 3 is 2.42 bits per heavy atom. The minimum atomic E-state index is -4.50. The summed E-state index contributed by atoms with van der Waals surface area (Å²) in [5, 5.41) is 1.98.